The van der Waals surface area contributed by atoms with Gasteiger partial charge in [0.2, 0.25) is 0 Å². The van der Waals surface area contributed by atoms with Crippen LogP contribution in [0.2, 0.25) is 0 Å². The Hall–Kier alpha value is -2.52. The smallest absolute Gasteiger partial charge is 0.310 e. The fraction of sp³-hybridized carbons (Fsp3) is 0.208. The number of hydrogen-bond donors (Lipinski definition) is 0. The molecule has 0 bridgehead atoms. The SMILES string of the molecule is CCC(=O)Oc1c(-c2ccccc2)cc(C(C)(C)[SH2+])cc1-c1ccccc1. The molecule has 3 rings (SSSR count). The predicted octanol–water partition coefficient (Wildman–Crippen LogP) is 5.58. The number of rotatable bonds is 5. The number of benzene rings is 3. The number of carbonyl (C=O) groups is 1. The molecule has 0 heterocycles. The second-order valence-electron chi connectivity index (χ2n) is 7.09. The summed E-state index contributed by atoms with van der Waals surface area (Å²) < 4.78 is 5.63. The summed E-state index contributed by atoms with van der Waals surface area (Å²) in [4.78, 5) is 12.2. The molecule has 138 valence electrons. The largest absolute Gasteiger partial charge is 0.425 e. The maximum absolute atomic E-state index is 12.2. The summed E-state index contributed by atoms with van der Waals surface area (Å²) in [6.07, 6.45) is 0.327. The summed E-state index contributed by atoms with van der Waals surface area (Å²) in [6.45, 7) is 6.03. The molecule has 0 amide bonds. The third-order valence-electron chi connectivity index (χ3n) is 4.48. The van der Waals surface area contributed by atoms with Crippen molar-refractivity contribution < 1.29 is 9.53 Å². The van der Waals surface area contributed by atoms with Crippen LogP contribution in [-0.2, 0) is 22.2 Å². The summed E-state index contributed by atoms with van der Waals surface area (Å²) in [5, 5.41) is 0. The minimum absolute atomic E-state index is 0.222. The van der Waals surface area contributed by atoms with E-state index in [0.29, 0.717) is 12.2 Å². The lowest BCUT2D eigenvalue weighted by molar-refractivity contribution is -0.133. The molecule has 27 heavy (non-hydrogen) atoms. The van der Waals surface area contributed by atoms with Gasteiger partial charge in [-0.25, -0.2) is 0 Å². The molecule has 0 saturated heterocycles. The first-order valence-electron chi connectivity index (χ1n) is 9.15. The summed E-state index contributed by atoms with van der Waals surface area (Å²) in [5.74, 6) is 0.369. The minimum atomic E-state index is -0.241. The van der Waals surface area contributed by atoms with Crippen molar-refractivity contribution in [2.24, 2.45) is 0 Å². The monoisotopic (exact) mass is 377 g/mol. The van der Waals surface area contributed by atoms with E-state index in [1.807, 2.05) is 67.6 Å². The Bertz CT molecular complexity index is 865. The van der Waals surface area contributed by atoms with E-state index in [9.17, 15) is 4.79 Å². The van der Waals surface area contributed by atoms with Gasteiger partial charge in [0.15, 0.2) is 0 Å². The summed E-state index contributed by atoms with van der Waals surface area (Å²) in [7, 11) is 0. The highest BCUT2D eigenvalue weighted by Gasteiger charge is 2.26. The topological polar surface area (TPSA) is 26.3 Å². The highest BCUT2D eigenvalue weighted by atomic mass is 32.1. The zero-order valence-electron chi connectivity index (χ0n) is 16.0. The van der Waals surface area contributed by atoms with Crippen LogP contribution in [0, 0.1) is 0 Å². The van der Waals surface area contributed by atoms with Gasteiger partial charge in [0.25, 0.3) is 0 Å². The van der Waals surface area contributed by atoms with Crippen LogP contribution in [0.4, 0.5) is 0 Å². The van der Waals surface area contributed by atoms with Crippen LogP contribution in [0.15, 0.2) is 72.8 Å². The lowest BCUT2D eigenvalue weighted by Gasteiger charge is -2.20. The van der Waals surface area contributed by atoms with E-state index in [-0.39, 0.29) is 10.7 Å². The van der Waals surface area contributed by atoms with Gasteiger partial charge in [-0.2, -0.15) is 0 Å². The second kappa shape index (κ2) is 8.01. The van der Waals surface area contributed by atoms with E-state index in [0.717, 1.165) is 27.8 Å². The van der Waals surface area contributed by atoms with E-state index in [1.54, 1.807) is 0 Å². The Morgan fingerprint density at radius 2 is 1.33 bits per heavy atom. The first-order chi connectivity index (χ1) is 12.9. The molecule has 0 aliphatic rings. The number of ether oxygens (including phenoxy) is 1. The normalized spacial score (nSPS) is 11.3. The van der Waals surface area contributed by atoms with Crippen molar-refractivity contribution >= 4 is 18.6 Å². The van der Waals surface area contributed by atoms with Crippen LogP contribution in [0.1, 0.15) is 32.8 Å². The average molecular weight is 378 g/mol. The summed E-state index contributed by atoms with van der Waals surface area (Å²) in [6, 6.07) is 24.3. The lowest BCUT2D eigenvalue weighted by Crippen LogP contribution is -2.14. The highest BCUT2D eigenvalue weighted by molar-refractivity contribution is 7.59. The maximum atomic E-state index is 12.2. The van der Waals surface area contributed by atoms with Crippen molar-refractivity contribution in [3.63, 3.8) is 0 Å². The third-order valence-corrected chi connectivity index (χ3v) is 4.77. The Labute approximate surface area is 166 Å². The summed E-state index contributed by atoms with van der Waals surface area (Å²) in [5.41, 5.74) is 4.99. The molecule has 0 saturated carbocycles. The van der Waals surface area contributed by atoms with Crippen LogP contribution >= 0.6 is 0 Å². The van der Waals surface area contributed by atoms with Crippen molar-refractivity contribution in [3.05, 3.63) is 78.4 Å². The van der Waals surface area contributed by atoms with Gasteiger partial charge in [-0.05, 0) is 49.7 Å². The van der Waals surface area contributed by atoms with Crippen molar-refractivity contribution in [2.75, 3.05) is 0 Å². The molecular weight excluding hydrogens is 352 g/mol. The first kappa shape index (κ1) is 19.2. The number of hydrogen-bond acceptors (Lipinski definition) is 2. The van der Waals surface area contributed by atoms with Crippen molar-refractivity contribution in [2.45, 2.75) is 31.9 Å². The van der Waals surface area contributed by atoms with Crippen LogP contribution in [0.25, 0.3) is 22.3 Å². The molecule has 3 heteroatoms. The standard InChI is InChI=1S/C24H24O2S/c1-4-22(25)26-23-20(17-11-7-5-8-12-17)15-19(24(2,3)27)16-21(23)18-13-9-6-10-14-18/h5-16,27H,4H2,1-3H3/p+1. The van der Waals surface area contributed by atoms with Gasteiger partial charge < -0.3 is 4.74 Å². The van der Waals surface area contributed by atoms with Crippen LogP contribution in [-0.4, -0.2) is 5.97 Å². The maximum Gasteiger partial charge on any atom is 0.310 e. The molecule has 0 N–H and O–H groups in total. The second-order valence-corrected chi connectivity index (χ2v) is 8.34. The van der Waals surface area contributed by atoms with Gasteiger partial charge in [-0.15, -0.1) is 0 Å². The van der Waals surface area contributed by atoms with Gasteiger partial charge in [0, 0.05) is 23.1 Å². The Kier molecular flexibility index (Phi) is 5.71. The molecule has 2 nitrogen and oxygen atoms in total. The highest BCUT2D eigenvalue weighted by Crippen LogP contribution is 2.42. The number of carbonyl (C=O) groups excluding carboxylic acids is 1. The predicted molar refractivity (Wildman–Crippen MR) is 116 cm³/mol. The lowest BCUT2D eigenvalue weighted by atomic mass is 9.90. The molecule has 0 aliphatic heterocycles. The third kappa shape index (κ3) is 4.42. The minimum Gasteiger partial charge on any atom is -0.425 e. The van der Waals surface area contributed by atoms with Gasteiger partial charge in [-0.3, -0.25) is 4.79 Å². The quantitative estimate of drug-likeness (QED) is 0.329. The van der Waals surface area contributed by atoms with Crippen LogP contribution in [0.3, 0.4) is 0 Å². The molecule has 0 unspecified atom stereocenters. The van der Waals surface area contributed by atoms with Crippen LogP contribution in [0.5, 0.6) is 5.75 Å². The summed E-state index contributed by atoms with van der Waals surface area (Å²) >= 11 is 3.84. The molecule has 0 fully saturated rings. The zero-order chi connectivity index (χ0) is 19.4. The van der Waals surface area contributed by atoms with E-state index in [4.69, 9.17) is 4.74 Å². The van der Waals surface area contributed by atoms with Crippen molar-refractivity contribution in [1.29, 1.82) is 0 Å². The number of esters is 1. The first-order valence-corrected chi connectivity index (χ1v) is 9.65. The fourth-order valence-electron chi connectivity index (χ4n) is 2.95. The average Bonchev–Trinajstić information content (AvgIpc) is 2.68. The van der Waals surface area contributed by atoms with Gasteiger partial charge in [0.1, 0.15) is 10.5 Å². The molecule has 3 aromatic rings. The Morgan fingerprint density at radius 1 is 0.889 bits per heavy atom. The van der Waals surface area contributed by atoms with E-state index < -0.39 is 0 Å². The van der Waals surface area contributed by atoms with Crippen molar-refractivity contribution in [3.8, 4) is 28.0 Å². The molecule has 3 aromatic carbocycles. The fourth-order valence-corrected chi connectivity index (χ4v) is 3.09. The van der Waals surface area contributed by atoms with E-state index >= 15 is 0 Å². The molecule has 0 radical (unpaired) electrons. The van der Waals surface area contributed by atoms with Gasteiger partial charge >= 0.3 is 5.97 Å². The Morgan fingerprint density at radius 3 is 1.70 bits per heavy atom. The van der Waals surface area contributed by atoms with E-state index in [2.05, 4.69) is 38.6 Å². The molecular formula is C24H25O2S+. The van der Waals surface area contributed by atoms with Gasteiger partial charge in [0.05, 0.1) is 0 Å². The van der Waals surface area contributed by atoms with Crippen LogP contribution < -0.4 is 4.74 Å². The van der Waals surface area contributed by atoms with Crippen molar-refractivity contribution in [1.82, 2.24) is 0 Å². The molecule has 0 aromatic heterocycles. The van der Waals surface area contributed by atoms with Gasteiger partial charge in [-0.1, -0.05) is 67.6 Å². The van der Waals surface area contributed by atoms with E-state index in [1.165, 1.54) is 0 Å². The molecule has 0 spiro atoms. The molecule has 0 atom stereocenters. The zero-order valence-corrected chi connectivity index (χ0v) is 17.0. The Balaban J connectivity index is 2.34. The molecule has 0 aliphatic carbocycles.